The zero-order valence-corrected chi connectivity index (χ0v) is 19.5. The van der Waals surface area contributed by atoms with E-state index >= 15 is 0 Å². The summed E-state index contributed by atoms with van der Waals surface area (Å²) in [5.74, 6) is -1.89. The number of carbonyl (C=O) groups is 3. The molecule has 2 aliphatic rings. The minimum absolute atomic E-state index is 0.0600. The molecule has 7 heteroatoms. The van der Waals surface area contributed by atoms with Gasteiger partial charge in [-0.3, -0.25) is 9.59 Å². The van der Waals surface area contributed by atoms with Crippen molar-refractivity contribution in [1.82, 2.24) is 10.6 Å². The van der Waals surface area contributed by atoms with Crippen LogP contribution in [0.4, 0.5) is 4.79 Å². The lowest BCUT2D eigenvalue weighted by molar-refractivity contribution is -0.144. The van der Waals surface area contributed by atoms with Gasteiger partial charge in [-0.25, -0.2) is 4.79 Å². The number of fused-ring (bicyclic) bond motifs is 3. The molecule has 1 saturated carbocycles. The average Bonchev–Trinajstić information content (AvgIpc) is 3.16. The highest BCUT2D eigenvalue weighted by atomic mass is 16.5. The third kappa shape index (κ3) is 5.08. The number of amides is 2. The first kappa shape index (κ1) is 23.8. The number of carboxylic acids is 1. The van der Waals surface area contributed by atoms with Crippen molar-refractivity contribution >= 4 is 18.0 Å². The van der Waals surface area contributed by atoms with Gasteiger partial charge >= 0.3 is 12.1 Å². The highest BCUT2D eigenvalue weighted by molar-refractivity contribution is 5.86. The number of aliphatic carboxylic acids is 1. The van der Waals surface area contributed by atoms with Crippen molar-refractivity contribution in [2.24, 2.45) is 5.92 Å². The predicted molar refractivity (Wildman–Crippen MR) is 128 cm³/mol. The first-order valence-electron chi connectivity index (χ1n) is 12.1. The highest BCUT2D eigenvalue weighted by Crippen LogP contribution is 2.44. The summed E-state index contributed by atoms with van der Waals surface area (Å²) in [5, 5.41) is 15.1. The number of carbonyl (C=O) groups excluding carboxylic acids is 2. The fourth-order valence-corrected chi connectivity index (χ4v) is 5.22. The predicted octanol–water partition coefficient (Wildman–Crippen LogP) is 4.45. The Bertz CT molecular complexity index is 1010. The molecule has 1 fully saturated rings. The van der Waals surface area contributed by atoms with E-state index in [2.05, 4.69) is 34.9 Å². The Morgan fingerprint density at radius 2 is 1.62 bits per heavy atom. The van der Waals surface area contributed by atoms with Crippen molar-refractivity contribution in [2.75, 3.05) is 6.61 Å². The monoisotopic (exact) mass is 464 g/mol. The summed E-state index contributed by atoms with van der Waals surface area (Å²) in [6, 6.07) is 15.0. The maximum absolute atomic E-state index is 12.9. The van der Waals surface area contributed by atoms with Crippen LogP contribution in [0.3, 0.4) is 0 Å². The van der Waals surface area contributed by atoms with Crippen LogP contribution in [0, 0.1) is 5.92 Å². The van der Waals surface area contributed by atoms with Crippen LogP contribution in [0.25, 0.3) is 11.1 Å². The van der Waals surface area contributed by atoms with Crippen LogP contribution in [0.1, 0.15) is 62.5 Å². The van der Waals surface area contributed by atoms with Crippen molar-refractivity contribution in [3.63, 3.8) is 0 Å². The second-order valence-electron chi connectivity index (χ2n) is 9.16. The fraction of sp³-hybridized carbons (Fsp3) is 0.444. The van der Waals surface area contributed by atoms with E-state index in [-0.39, 0.29) is 18.4 Å². The topological polar surface area (TPSA) is 105 Å². The molecule has 0 heterocycles. The molecule has 3 atom stereocenters. The van der Waals surface area contributed by atoms with Gasteiger partial charge in [0.1, 0.15) is 12.6 Å². The second kappa shape index (κ2) is 10.7. The van der Waals surface area contributed by atoms with Gasteiger partial charge in [-0.2, -0.15) is 0 Å². The van der Waals surface area contributed by atoms with Gasteiger partial charge < -0.3 is 20.5 Å². The summed E-state index contributed by atoms with van der Waals surface area (Å²) in [4.78, 5) is 37.2. The van der Waals surface area contributed by atoms with Crippen molar-refractivity contribution in [3.05, 3.63) is 59.7 Å². The minimum atomic E-state index is -0.887. The van der Waals surface area contributed by atoms with Crippen LogP contribution in [0.5, 0.6) is 0 Å². The quantitative estimate of drug-likeness (QED) is 0.535. The van der Waals surface area contributed by atoms with Crippen LogP contribution in [-0.4, -0.2) is 41.8 Å². The molecule has 4 rings (SSSR count). The van der Waals surface area contributed by atoms with Gasteiger partial charge in [0.2, 0.25) is 5.91 Å². The molecule has 0 aromatic heterocycles. The first-order valence-corrected chi connectivity index (χ1v) is 12.1. The maximum Gasteiger partial charge on any atom is 0.407 e. The van der Waals surface area contributed by atoms with Crippen molar-refractivity contribution < 1.29 is 24.2 Å². The summed E-state index contributed by atoms with van der Waals surface area (Å²) in [6.45, 7) is 2.10. The van der Waals surface area contributed by atoms with Crippen molar-refractivity contribution in [1.29, 1.82) is 0 Å². The Morgan fingerprint density at radius 1 is 1.00 bits per heavy atom. The van der Waals surface area contributed by atoms with E-state index in [1.165, 1.54) is 0 Å². The molecule has 2 amide bonds. The number of hydrogen-bond donors (Lipinski definition) is 3. The molecule has 7 nitrogen and oxygen atoms in total. The SMILES string of the molecule is CCC[C@H](NC(=O)OCC1c2ccccc2-c2ccccc21)C(=O)N[C@@H]1CCCC[C@@H]1C(=O)O. The molecule has 0 radical (unpaired) electrons. The molecule has 2 aromatic carbocycles. The Hall–Kier alpha value is -3.35. The fourth-order valence-electron chi connectivity index (χ4n) is 5.22. The smallest absolute Gasteiger partial charge is 0.407 e. The molecule has 180 valence electrons. The molecule has 0 saturated heterocycles. The van der Waals surface area contributed by atoms with Crippen LogP contribution >= 0.6 is 0 Å². The molecule has 0 unspecified atom stereocenters. The summed E-state index contributed by atoms with van der Waals surface area (Å²) < 4.78 is 5.59. The lowest BCUT2D eigenvalue weighted by Gasteiger charge is -2.30. The van der Waals surface area contributed by atoms with E-state index in [0.717, 1.165) is 35.1 Å². The summed E-state index contributed by atoms with van der Waals surface area (Å²) in [6.07, 6.45) is 3.40. The molecule has 2 aliphatic carbocycles. The molecular formula is C27H32N2O5. The summed E-state index contributed by atoms with van der Waals surface area (Å²) in [7, 11) is 0. The first-order chi connectivity index (χ1) is 16.5. The zero-order chi connectivity index (χ0) is 24.1. The van der Waals surface area contributed by atoms with Gasteiger partial charge in [0.15, 0.2) is 0 Å². The second-order valence-corrected chi connectivity index (χ2v) is 9.16. The molecule has 2 aromatic rings. The standard InChI is InChI=1S/C27H32N2O5/c1-2-9-24(25(30)28-23-15-8-7-14-21(23)26(31)32)29-27(33)34-16-22-19-12-5-3-10-17(19)18-11-4-6-13-20(18)22/h3-6,10-13,21-24H,2,7-9,14-16H2,1H3,(H,28,30)(H,29,33)(H,31,32)/t21-,23+,24-/m0/s1. The van der Waals surface area contributed by atoms with Gasteiger partial charge in [-0.05, 0) is 41.5 Å². The number of rotatable bonds is 8. The molecule has 34 heavy (non-hydrogen) atoms. The number of nitrogens with one attached hydrogen (secondary N) is 2. The summed E-state index contributed by atoms with van der Waals surface area (Å²) >= 11 is 0. The largest absolute Gasteiger partial charge is 0.481 e. The average molecular weight is 465 g/mol. The van der Waals surface area contributed by atoms with Gasteiger partial charge in [0.05, 0.1) is 5.92 Å². The molecule has 0 aliphatic heterocycles. The van der Waals surface area contributed by atoms with E-state index in [0.29, 0.717) is 25.7 Å². The highest BCUT2D eigenvalue weighted by Gasteiger charge is 2.34. The van der Waals surface area contributed by atoms with Crippen LogP contribution in [0.15, 0.2) is 48.5 Å². The molecule has 0 spiro atoms. The maximum atomic E-state index is 12.9. The van der Waals surface area contributed by atoms with Gasteiger partial charge in [0, 0.05) is 12.0 Å². The third-order valence-corrected chi connectivity index (χ3v) is 6.94. The molecule has 0 bridgehead atoms. The van der Waals surface area contributed by atoms with Gasteiger partial charge in [-0.15, -0.1) is 0 Å². The Morgan fingerprint density at radius 3 is 2.24 bits per heavy atom. The van der Waals surface area contributed by atoms with Crippen molar-refractivity contribution in [3.8, 4) is 11.1 Å². The van der Waals surface area contributed by atoms with Gasteiger partial charge in [-0.1, -0.05) is 74.7 Å². The number of ether oxygens (including phenoxy) is 1. The summed E-state index contributed by atoms with van der Waals surface area (Å²) in [5.41, 5.74) is 4.54. The van der Waals surface area contributed by atoms with Crippen LogP contribution < -0.4 is 10.6 Å². The number of carboxylic acid groups (broad SMARTS) is 1. The third-order valence-electron chi connectivity index (χ3n) is 6.94. The molecular weight excluding hydrogens is 432 g/mol. The van der Waals surface area contributed by atoms with E-state index in [1.54, 1.807) is 0 Å². The van der Waals surface area contributed by atoms with E-state index < -0.39 is 30.1 Å². The number of hydrogen-bond acceptors (Lipinski definition) is 4. The Labute approximate surface area is 199 Å². The number of alkyl carbamates (subject to hydrolysis) is 1. The zero-order valence-electron chi connectivity index (χ0n) is 19.5. The van der Waals surface area contributed by atoms with Crippen LogP contribution in [-0.2, 0) is 14.3 Å². The van der Waals surface area contributed by atoms with Gasteiger partial charge in [0.25, 0.3) is 0 Å². The van der Waals surface area contributed by atoms with E-state index in [4.69, 9.17) is 4.74 Å². The minimum Gasteiger partial charge on any atom is -0.481 e. The van der Waals surface area contributed by atoms with Crippen molar-refractivity contribution in [2.45, 2.75) is 63.5 Å². The Balaban J connectivity index is 1.38. The van der Waals surface area contributed by atoms with Crippen LogP contribution in [0.2, 0.25) is 0 Å². The van der Waals surface area contributed by atoms with E-state index in [9.17, 15) is 19.5 Å². The molecule has 3 N–H and O–H groups in total. The lowest BCUT2D eigenvalue weighted by Crippen LogP contribution is -2.53. The number of benzene rings is 2. The van der Waals surface area contributed by atoms with E-state index in [1.807, 2.05) is 31.2 Å². The lowest BCUT2D eigenvalue weighted by atomic mass is 9.84. The normalized spacial score (nSPS) is 20.0. The Kier molecular flexibility index (Phi) is 7.50.